The number of hydrogen-bond acceptors (Lipinski definition) is 5. The average molecular weight is 357 g/mol. The molecule has 0 spiro atoms. The number of aliphatic carboxylic acids is 1. The topological polar surface area (TPSA) is 79.3 Å². The maximum atomic E-state index is 12.3. The Balaban J connectivity index is 2.13. The Kier molecular flexibility index (Phi) is 5.90. The summed E-state index contributed by atoms with van der Waals surface area (Å²) >= 11 is 6.21. The fraction of sp³-hybridized carbons (Fsp3) is 0.500. The first-order valence-electron chi connectivity index (χ1n) is 7.52. The molecule has 0 unspecified atom stereocenters. The van der Waals surface area contributed by atoms with Gasteiger partial charge in [-0.05, 0) is 24.6 Å². The van der Waals surface area contributed by atoms with E-state index in [0.717, 1.165) is 5.56 Å². The highest BCUT2D eigenvalue weighted by Crippen LogP contribution is 2.36. The Morgan fingerprint density at radius 2 is 2.04 bits per heavy atom. The number of rotatable bonds is 6. The van der Waals surface area contributed by atoms with E-state index in [1.165, 1.54) is 19.1 Å². The third kappa shape index (κ3) is 3.91. The molecule has 1 fully saturated rings. The van der Waals surface area contributed by atoms with Crippen LogP contribution in [0.4, 0.5) is 0 Å². The zero-order valence-corrected chi connectivity index (χ0v) is 14.7. The van der Waals surface area contributed by atoms with Crippen LogP contribution in [0, 0.1) is 0 Å². The summed E-state index contributed by atoms with van der Waals surface area (Å²) in [6.07, 6.45) is 0. The highest BCUT2D eigenvalue weighted by molar-refractivity contribution is 6.32. The van der Waals surface area contributed by atoms with Crippen molar-refractivity contribution in [3.05, 3.63) is 22.7 Å². The Morgan fingerprint density at radius 3 is 2.62 bits per heavy atom. The highest BCUT2D eigenvalue weighted by atomic mass is 35.5. The van der Waals surface area contributed by atoms with Crippen molar-refractivity contribution in [1.29, 1.82) is 0 Å². The predicted molar refractivity (Wildman–Crippen MR) is 88.6 cm³/mol. The number of methoxy groups -OCH3 is 2. The molecule has 1 aliphatic heterocycles. The average Bonchev–Trinajstić information content (AvgIpc) is 2.53. The molecule has 0 aromatic heterocycles. The molecule has 1 N–H and O–H groups in total. The van der Waals surface area contributed by atoms with Crippen molar-refractivity contribution in [2.75, 3.05) is 33.9 Å². The SMILES string of the molecule is COc1cc(CN2CCN(CC(=O)O)C(=O)[C@H]2C)cc(Cl)c1OC. The van der Waals surface area contributed by atoms with Crippen molar-refractivity contribution in [3.63, 3.8) is 0 Å². The summed E-state index contributed by atoms with van der Waals surface area (Å²) in [5, 5.41) is 9.30. The summed E-state index contributed by atoms with van der Waals surface area (Å²) in [6, 6.07) is 3.21. The highest BCUT2D eigenvalue weighted by Gasteiger charge is 2.32. The van der Waals surface area contributed by atoms with E-state index in [2.05, 4.69) is 0 Å². The van der Waals surface area contributed by atoms with E-state index < -0.39 is 12.0 Å². The van der Waals surface area contributed by atoms with Gasteiger partial charge in [-0.15, -0.1) is 0 Å². The minimum Gasteiger partial charge on any atom is -0.493 e. The van der Waals surface area contributed by atoms with Crippen LogP contribution in [0.3, 0.4) is 0 Å². The third-order valence-corrected chi connectivity index (χ3v) is 4.36. The third-order valence-electron chi connectivity index (χ3n) is 4.08. The smallest absolute Gasteiger partial charge is 0.323 e. The van der Waals surface area contributed by atoms with Crippen LogP contribution in [0.5, 0.6) is 11.5 Å². The van der Waals surface area contributed by atoms with Crippen molar-refractivity contribution in [2.45, 2.75) is 19.5 Å². The zero-order valence-electron chi connectivity index (χ0n) is 13.9. The van der Waals surface area contributed by atoms with E-state index in [4.69, 9.17) is 26.2 Å². The number of carboxylic acids is 1. The first kappa shape index (κ1) is 18.4. The summed E-state index contributed by atoms with van der Waals surface area (Å²) < 4.78 is 10.5. The van der Waals surface area contributed by atoms with Crippen LogP contribution in [-0.2, 0) is 16.1 Å². The number of halogens is 1. The second-order valence-corrected chi connectivity index (χ2v) is 6.02. The van der Waals surface area contributed by atoms with Crippen LogP contribution in [0.2, 0.25) is 5.02 Å². The molecule has 2 rings (SSSR count). The van der Waals surface area contributed by atoms with Gasteiger partial charge in [0.25, 0.3) is 0 Å². The molecule has 0 bridgehead atoms. The Labute approximate surface area is 145 Å². The predicted octanol–water partition coefficient (Wildman–Crippen LogP) is 1.47. The standard InChI is InChI=1S/C16H21ClN2O5/c1-10-16(22)19(9-14(20)21)5-4-18(10)8-11-6-12(17)15(24-3)13(7-11)23-2/h6-7,10H,4-5,8-9H2,1-3H3,(H,20,21)/t10-/m1/s1. The largest absolute Gasteiger partial charge is 0.493 e. The maximum Gasteiger partial charge on any atom is 0.323 e. The number of amides is 1. The zero-order chi connectivity index (χ0) is 17.9. The minimum atomic E-state index is -1.00. The Morgan fingerprint density at radius 1 is 1.33 bits per heavy atom. The van der Waals surface area contributed by atoms with E-state index >= 15 is 0 Å². The molecule has 1 atom stereocenters. The lowest BCUT2D eigenvalue weighted by Crippen LogP contribution is -2.56. The monoisotopic (exact) mass is 356 g/mol. The van der Waals surface area contributed by atoms with E-state index in [0.29, 0.717) is 36.2 Å². The molecule has 1 amide bonds. The van der Waals surface area contributed by atoms with Crippen molar-refractivity contribution in [1.82, 2.24) is 9.80 Å². The number of piperazine rings is 1. The molecular weight excluding hydrogens is 336 g/mol. The van der Waals surface area contributed by atoms with E-state index in [-0.39, 0.29) is 12.5 Å². The van der Waals surface area contributed by atoms with Gasteiger partial charge in [0.05, 0.1) is 25.3 Å². The molecule has 1 saturated heterocycles. The van der Waals surface area contributed by atoms with Crippen LogP contribution < -0.4 is 9.47 Å². The molecule has 8 heteroatoms. The van der Waals surface area contributed by atoms with Gasteiger partial charge >= 0.3 is 5.97 Å². The van der Waals surface area contributed by atoms with E-state index in [1.807, 2.05) is 11.0 Å². The molecule has 1 aromatic carbocycles. The van der Waals surface area contributed by atoms with Gasteiger partial charge in [-0.2, -0.15) is 0 Å². The summed E-state index contributed by atoms with van der Waals surface area (Å²) in [4.78, 5) is 26.5. The van der Waals surface area contributed by atoms with Crippen LogP contribution in [0.1, 0.15) is 12.5 Å². The van der Waals surface area contributed by atoms with Crippen molar-refractivity contribution in [3.8, 4) is 11.5 Å². The first-order chi connectivity index (χ1) is 11.4. The van der Waals surface area contributed by atoms with Gasteiger partial charge < -0.3 is 19.5 Å². The van der Waals surface area contributed by atoms with Gasteiger partial charge in [0, 0.05) is 19.6 Å². The Hall–Kier alpha value is -1.99. The van der Waals surface area contributed by atoms with Crippen LogP contribution >= 0.6 is 11.6 Å². The molecule has 1 aromatic rings. The molecule has 7 nitrogen and oxygen atoms in total. The van der Waals surface area contributed by atoms with Crippen molar-refractivity contribution in [2.24, 2.45) is 0 Å². The van der Waals surface area contributed by atoms with Crippen molar-refractivity contribution >= 4 is 23.5 Å². The molecule has 0 radical (unpaired) electrons. The molecule has 1 aliphatic rings. The summed E-state index contributed by atoms with van der Waals surface area (Å²) in [5.41, 5.74) is 0.893. The lowest BCUT2D eigenvalue weighted by molar-refractivity contribution is -0.150. The number of hydrogen-bond donors (Lipinski definition) is 1. The van der Waals surface area contributed by atoms with Crippen LogP contribution in [0.15, 0.2) is 12.1 Å². The van der Waals surface area contributed by atoms with Gasteiger partial charge in [0.1, 0.15) is 6.54 Å². The summed E-state index contributed by atoms with van der Waals surface area (Å²) in [5.74, 6) is -0.187. The lowest BCUT2D eigenvalue weighted by atomic mass is 10.1. The maximum absolute atomic E-state index is 12.3. The van der Waals surface area contributed by atoms with Crippen LogP contribution in [0.25, 0.3) is 0 Å². The van der Waals surface area contributed by atoms with E-state index in [9.17, 15) is 9.59 Å². The number of benzene rings is 1. The molecule has 0 aliphatic carbocycles. The number of carbonyl (C=O) groups excluding carboxylic acids is 1. The number of carbonyl (C=O) groups is 2. The first-order valence-corrected chi connectivity index (χ1v) is 7.90. The van der Waals surface area contributed by atoms with Gasteiger partial charge in [-0.25, -0.2) is 0 Å². The fourth-order valence-electron chi connectivity index (χ4n) is 2.81. The molecule has 132 valence electrons. The summed E-state index contributed by atoms with van der Waals surface area (Å²) in [7, 11) is 3.06. The second kappa shape index (κ2) is 7.72. The molecule has 0 saturated carbocycles. The van der Waals surface area contributed by atoms with Gasteiger partial charge in [-0.3, -0.25) is 14.5 Å². The second-order valence-electron chi connectivity index (χ2n) is 5.61. The number of nitrogens with zero attached hydrogens (tertiary/aromatic N) is 2. The quantitative estimate of drug-likeness (QED) is 0.831. The summed E-state index contributed by atoms with van der Waals surface area (Å²) in [6.45, 7) is 2.99. The normalized spacial score (nSPS) is 18.6. The molecular formula is C16H21ClN2O5. The Bertz CT molecular complexity index is 637. The van der Waals surface area contributed by atoms with Gasteiger partial charge in [0.2, 0.25) is 5.91 Å². The van der Waals surface area contributed by atoms with Gasteiger partial charge in [-0.1, -0.05) is 11.6 Å². The fourth-order valence-corrected chi connectivity index (χ4v) is 3.12. The molecule has 24 heavy (non-hydrogen) atoms. The number of ether oxygens (including phenoxy) is 2. The van der Waals surface area contributed by atoms with Crippen LogP contribution in [-0.4, -0.2) is 66.7 Å². The van der Waals surface area contributed by atoms with E-state index in [1.54, 1.807) is 13.0 Å². The van der Waals surface area contributed by atoms with Crippen molar-refractivity contribution < 1.29 is 24.2 Å². The minimum absolute atomic E-state index is 0.185. The van der Waals surface area contributed by atoms with Gasteiger partial charge in [0.15, 0.2) is 11.5 Å². The molecule has 1 heterocycles. The lowest BCUT2D eigenvalue weighted by Gasteiger charge is -2.38. The number of carboxylic acid groups (broad SMARTS) is 1.